The molecule has 0 saturated heterocycles. The molecule has 2 amide bonds. The van der Waals surface area contributed by atoms with Crippen LogP contribution < -0.4 is 10.6 Å². The summed E-state index contributed by atoms with van der Waals surface area (Å²) in [6.45, 7) is 1.85. The zero-order valence-electron chi connectivity index (χ0n) is 15.5. The second kappa shape index (κ2) is 9.33. The number of nitrogens with zero attached hydrogens (tertiary/aromatic N) is 2. The van der Waals surface area contributed by atoms with Crippen molar-refractivity contribution in [3.8, 4) is 11.3 Å². The normalized spacial score (nSPS) is 10.3. The molecule has 0 aliphatic heterocycles. The van der Waals surface area contributed by atoms with Gasteiger partial charge in [-0.2, -0.15) is 0 Å². The monoisotopic (exact) mass is 446 g/mol. The summed E-state index contributed by atoms with van der Waals surface area (Å²) in [6, 6.07) is 12.7. The second-order valence-electron chi connectivity index (χ2n) is 5.78. The number of benzene rings is 2. The summed E-state index contributed by atoms with van der Waals surface area (Å²) < 4.78 is 4.85. The molecule has 0 aliphatic rings. The topological polar surface area (TPSA) is 123 Å². The third-order valence-corrected chi connectivity index (χ3v) is 4.91. The van der Waals surface area contributed by atoms with Crippen molar-refractivity contribution in [2.75, 3.05) is 17.2 Å². The van der Waals surface area contributed by atoms with Crippen molar-refractivity contribution in [1.29, 1.82) is 0 Å². The highest BCUT2D eigenvalue weighted by atomic mass is 35.5. The Morgan fingerprint density at radius 1 is 1.20 bits per heavy atom. The first kappa shape index (κ1) is 21.2. The molecule has 2 aromatic carbocycles. The fraction of sp³-hybridized carbons (Fsp3) is 0.105. The number of hydrogen-bond donors (Lipinski definition) is 2. The van der Waals surface area contributed by atoms with Gasteiger partial charge in [-0.25, -0.2) is 9.78 Å². The van der Waals surface area contributed by atoms with E-state index in [9.17, 15) is 19.7 Å². The lowest BCUT2D eigenvalue weighted by Crippen LogP contribution is -2.13. The molecular weight excluding hydrogens is 432 g/mol. The maximum Gasteiger partial charge on any atom is 0.413 e. The van der Waals surface area contributed by atoms with Gasteiger partial charge in [0.1, 0.15) is 16.3 Å². The van der Waals surface area contributed by atoms with E-state index >= 15 is 0 Å². The molecule has 1 aromatic heterocycles. The van der Waals surface area contributed by atoms with Gasteiger partial charge in [0.05, 0.1) is 11.5 Å². The minimum Gasteiger partial charge on any atom is -0.450 e. The van der Waals surface area contributed by atoms with Crippen molar-refractivity contribution >= 4 is 50.8 Å². The van der Waals surface area contributed by atoms with E-state index in [0.29, 0.717) is 16.3 Å². The number of anilines is 2. The van der Waals surface area contributed by atoms with Crippen LogP contribution in [0.15, 0.2) is 48.5 Å². The number of carbonyl (C=O) groups excluding carboxylic acids is 2. The van der Waals surface area contributed by atoms with Crippen LogP contribution in [0.3, 0.4) is 0 Å². The lowest BCUT2D eigenvalue weighted by Gasteiger charge is -2.06. The molecule has 0 spiro atoms. The van der Waals surface area contributed by atoms with E-state index in [1.807, 2.05) is 6.07 Å². The van der Waals surface area contributed by atoms with Crippen molar-refractivity contribution in [1.82, 2.24) is 4.98 Å². The Morgan fingerprint density at radius 3 is 2.60 bits per heavy atom. The third kappa shape index (κ3) is 4.91. The molecule has 0 bridgehead atoms. The molecule has 0 radical (unpaired) electrons. The number of nitro benzene ring substituents is 1. The van der Waals surface area contributed by atoms with Gasteiger partial charge < -0.3 is 10.1 Å². The maximum absolute atomic E-state index is 12.8. The number of aromatic nitrogens is 1. The van der Waals surface area contributed by atoms with E-state index in [-0.39, 0.29) is 28.0 Å². The Kier molecular flexibility index (Phi) is 6.60. The van der Waals surface area contributed by atoms with Crippen LogP contribution in [0.1, 0.15) is 17.3 Å². The lowest BCUT2D eigenvalue weighted by atomic mass is 10.1. The number of nitro groups is 1. The minimum absolute atomic E-state index is 0.183. The van der Waals surface area contributed by atoms with Crippen molar-refractivity contribution in [2.24, 2.45) is 0 Å². The van der Waals surface area contributed by atoms with Gasteiger partial charge in [0.25, 0.3) is 11.6 Å². The zero-order valence-corrected chi connectivity index (χ0v) is 17.1. The molecule has 3 aromatic rings. The molecule has 1 heterocycles. The highest BCUT2D eigenvalue weighted by Crippen LogP contribution is 2.36. The fourth-order valence-electron chi connectivity index (χ4n) is 2.52. The predicted octanol–water partition coefficient (Wildman–Crippen LogP) is 5.19. The molecule has 30 heavy (non-hydrogen) atoms. The minimum atomic E-state index is -0.729. The number of nitrogens with one attached hydrogen (secondary N) is 2. The summed E-state index contributed by atoms with van der Waals surface area (Å²) in [5.41, 5.74) is 0.499. The summed E-state index contributed by atoms with van der Waals surface area (Å²) in [7, 11) is 0. The largest absolute Gasteiger partial charge is 0.450 e. The van der Waals surface area contributed by atoms with Crippen LogP contribution in [-0.2, 0) is 4.74 Å². The van der Waals surface area contributed by atoms with Crippen LogP contribution in [0, 0.1) is 10.1 Å². The van der Waals surface area contributed by atoms with Gasteiger partial charge in [0.15, 0.2) is 5.13 Å². The van der Waals surface area contributed by atoms with Crippen LogP contribution in [0.5, 0.6) is 0 Å². The van der Waals surface area contributed by atoms with Gasteiger partial charge in [-0.05, 0) is 19.1 Å². The van der Waals surface area contributed by atoms with Gasteiger partial charge in [-0.1, -0.05) is 53.3 Å². The highest BCUT2D eigenvalue weighted by Gasteiger charge is 2.23. The van der Waals surface area contributed by atoms with E-state index in [0.717, 1.165) is 17.4 Å². The Hall–Kier alpha value is -3.50. The zero-order chi connectivity index (χ0) is 21.7. The number of carbonyl (C=O) groups is 2. The third-order valence-electron chi connectivity index (χ3n) is 3.79. The quantitative estimate of drug-likeness (QED) is 0.396. The second-order valence-corrected chi connectivity index (χ2v) is 7.22. The molecule has 2 N–H and O–H groups in total. The smallest absolute Gasteiger partial charge is 0.413 e. The number of rotatable bonds is 6. The van der Waals surface area contributed by atoms with Crippen LogP contribution in [0.2, 0.25) is 5.02 Å². The average Bonchev–Trinajstić information content (AvgIpc) is 3.10. The standard InChI is InChI=1S/C19H15ClN4O5S/c1-2-29-19(26)23-18-21-15(11-6-4-3-5-7-11)17(30-18)22-16(25)13-10-12(20)8-9-14(13)24(27)28/h3-10H,2H2,1H3,(H,22,25)(H,21,23,26). The van der Waals surface area contributed by atoms with E-state index in [1.54, 1.807) is 31.2 Å². The Bertz CT molecular complexity index is 1100. The van der Waals surface area contributed by atoms with E-state index in [2.05, 4.69) is 15.6 Å². The highest BCUT2D eigenvalue weighted by molar-refractivity contribution is 7.20. The van der Waals surface area contributed by atoms with Crippen LogP contribution >= 0.6 is 22.9 Å². The molecule has 0 aliphatic carbocycles. The number of halogens is 1. The number of thiazole rings is 1. The molecule has 0 atom stereocenters. The van der Waals surface area contributed by atoms with Crippen molar-refractivity contribution < 1.29 is 19.2 Å². The van der Waals surface area contributed by atoms with Gasteiger partial charge in [-0.15, -0.1) is 0 Å². The summed E-state index contributed by atoms with van der Waals surface area (Å²) in [4.78, 5) is 39.5. The number of hydrogen-bond acceptors (Lipinski definition) is 7. The molecule has 11 heteroatoms. The molecule has 0 saturated carbocycles. The molecular formula is C19H15ClN4O5S. The SMILES string of the molecule is CCOC(=O)Nc1nc(-c2ccccc2)c(NC(=O)c2cc(Cl)ccc2[N+](=O)[O-])s1. The van der Waals surface area contributed by atoms with Crippen LogP contribution in [0.25, 0.3) is 11.3 Å². The average molecular weight is 447 g/mol. The summed E-state index contributed by atoms with van der Waals surface area (Å²) in [5.74, 6) is -0.729. The predicted molar refractivity (Wildman–Crippen MR) is 114 cm³/mol. The van der Waals surface area contributed by atoms with Crippen LogP contribution in [0.4, 0.5) is 20.6 Å². The van der Waals surface area contributed by atoms with Gasteiger partial charge >= 0.3 is 6.09 Å². The van der Waals surface area contributed by atoms with Gasteiger partial charge in [0, 0.05) is 16.7 Å². The van der Waals surface area contributed by atoms with E-state index < -0.39 is 16.9 Å². The summed E-state index contributed by atoms with van der Waals surface area (Å²) in [6.07, 6.45) is -0.686. The summed E-state index contributed by atoms with van der Waals surface area (Å²) >= 11 is 6.91. The summed E-state index contributed by atoms with van der Waals surface area (Å²) in [5, 5.41) is 17.1. The molecule has 154 valence electrons. The van der Waals surface area contributed by atoms with E-state index in [1.165, 1.54) is 12.1 Å². The molecule has 0 unspecified atom stereocenters. The van der Waals surface area contributed by atoms with Crippen molar-refractivity contribution in [3.05, 3.63) is 69.2 Å². The van der Waals surface area contributed by atoms with E-state index in [4.69, 9.17) is 16.3 Å². The fourth-order valence-corrected chi connectivity index (χ4v) is 3.56. The lowest BCUT2D eigenvalue weighted by molar-refractivity contribution is -0.385. The first-order valence-corrected chi connectivity index (χ1v) is 9.83. The molecule has 0 fully saturated rings. The number of ether oxygens (including phenoxy) is 1. The first-order valence-electron chi connectivity index (χ1n) is 8.64. The maximum atomic E-state index is 12.8. The van der Waals surface area contributed by atoms with Gasteiger partial charge in [0.2, 0.25) is 0 Å². The Balaban J connectivity index is 1.97. The molecule has 3 rings (SSSR count). The Morgan fingerprint density at radius 2 is 1.93 bits per heavy atom. The van der Waals surface area contributed by atoms with Crippen LogP contribution in [-0.4, -0.2) is 28.5 Å². The Labute approximate surface area is 179 Å². The van der Waals surface area contributed by atoms with Gasteiger partial charge in [-0.3, -0.25) is 20.2 Å². The van der Waals surface area contributed by atoms with Crippen molar-refractivity contribution in [2.45, 2.75) is 6.92 Å². The number of amides is 2. The first-order chi connectivity index (χ1) is 14.4. The van der Waals surface area contributed by atoms with Crippen molar-refractivity contribution in [3.63, 3.8) is 0 Å². The molecule has 9 nitrogen and oxygen atoms in total.